The predicted octanol–water partition coefficient (Wildman–Crippen LogP) is 2.12. The van der Waals surface area contributed by atoms with E-state index in [1.165, 1.54) is 6.42 Å². The van der Waals surface area contributed by atoms with Crippen molar-refractivity contribution in [3.05, 3.63) is 22.8 Å². The first kappa shape index (κ1) is 11.9. The number of nitrogens with zero attached hydrogens (tertiary/aromatic N) is 1. The van der Waals surface area contributed by atoms with Crippen molar-refractivity contribution in [2.75, 3.05) is 5.32 Å². The minimum atomic E-state index is -0.103. The number of piperidine rings is 1. The van der Waals surface area contributed by atoms with Crippen LogP contribution in [0.15, 0.2) is 12.1 Å². The third-order valence-corrected chi connectivity index (χ3v) is 4.26. The van der Waals surface area contributed by atoms with E-state index < -0.39 is 0 Å². The standard InChI is InChI=1S/C13H16ClN3O/c1-7-3-4-10(14)16-11(7)17-12(18)8-5-13(2)6-9(13)15-8/h3-4,8-9,15H,5-6H2,1-2H3,(H,16,17,18). The lowest BCUT2D eigenvalue weighted by molar-refractivity contribution is -0.118. The molecule has 2 aliphatic rings. The Morgan fingerprint density at radius 2 is 2.33 bits per heavy atom. The lowest BCUT2D eigenvalue weighted by Gasteiger charge is -2.15. The summed E-state index contributed by atoms with van der Waals surface area (Å²) < 4.78 is 0. The van der Waals surface area contributed by atoms with Gasteiger partial charge in [0.2, 0.25) is 5.91 Å². The van der Waals surface area contributed by atoms with Crippen molar-refractivity contribution in [3.63, 3.8) is 0 Å². The van der Waals surface area contributed by atoms with Crippen LogP contribution in [0.4, 0.5) is 5.82 Å². The molecule has 2 fully saturated rings. The number of rotatable bonds is 2. The maximum Gasteiger partial charge on any atom is 0.242 e. The monoisotopic (exact) mass is 265 g/mol. The number of anilines is 1. The minimum Gasteiger partial charge on any atom is -0.309 e. The molecule has 1 saturated carbocycles. The van der Waals surface area contributed by atoms with Crippen LogP contribution < -0.4 is 10.6 Å². The summed E-state index contributed by atoms with van der Waals surface area (Å²) in [5, 5.41) is 6.60. The highest BCUT2D eigenvalue weighted by Gasteiger charge is 2.58. The highest BCUT2D eigenvalue weighted by molar-refractivity contribution is 6.29. The molecule has 4 nitrogen and oxygen atoms in total. The summed E-state index contributed by atoms with van der Waals surface area (Å²) in [6, 6.07) is 3.98. The number of carbonyl (C=O) groups is 1. The summed E-state index contributed by atoms with van der Waals surface area (Å²) in [5.41, 5.74) is 1.25. The Morgan fingerprint density at radius 1 is 1.56 bits per heavy atom. The second-order valence-electron chi connectivity index (χ2n) is 5.62. The third-order valence-electron chi connectivity index (χ3n) is 4.05. The van der Waals surface area contributed by atoms with Crippen LogP contribution in [0.5, 0.6) is 0 Å². The number of hydrogen-bond acceptors (Lipinski definition) is 3. The number of amides is 1. The van der Waals surface area contributed by atoms with E-state index in [4.69, 9.17) is 11.6 Å². The topological polar surface area (TPSA) is 54.0 Å². The van der Waals surface area contributed by atoms with Crippen molar-refractivity contribution in [2.45, 2.75) is 38.8 Å². The molecule has 3 atom stereocenters. The van der Waals surface area contributed by atoms with Gasteiger partial charge in [-0.25, -0.2) is 4.98 Å². The van der Waals surface area contributed by atoms with Gasteiger partial charge in [-0.05, 0) is 36.8 Å². The van der Waals surface area contributed by atoms with Gasteiger partial charge in [-0.15, -0.1) is 0 Å². The summed E-state index contributed by atoms with van der Waals surface area (Å²) in [6.45, 7) is 4.13. The van der Waals surface area contributed by atoms with Gasteiger partial charge in [-0.3, -0.25) is 4.79 Å². The number of aryl methyl sites for hydroxylation is 1. The van der Waals surface area contributed by atoms with Crippen LogP contribution in [0.2, 0.25) is 5.15 Å². The van der Waals surface area contributed by atoms with E-state index >= 15 is 0 Å². The average molecular weight is 266 g/mol. The smallest absolute Gasteiger partial charge is 0.242 e. The molecule has 96 valence electrons. The highest BCUT2D eigenvalue weighted by Crippen LogP contribution is 2.53. The van der Waals surface area contributed by atoms with Crippen LogP contribution in [-0.4, -0.2) is 23.0 Å². The van der Waals surface area contributed by atoms with E-state index in [0.717, 1.165) is 12.0 Å². The second-order valence-corrected chi connectivity index (χ2v) is 6.01. The van der Waals surface area contributed by atoms with E-state index in [1.807, 2.05) is 13.0 Å². The van der Waals surface area contributed by atoms with Gasteiger partial charge in [0.25, 0.3) is 0 Å². The molecular weight excluding hydrogens is 250 g/mol. The molecular formula is C13H16ClN3O. The molecule has 3 rings (SSSR count). The molecule has 18 heavy (non-hydrogen) atoms. The Balaban J connectivity index is 1.69. The van der Waals surface area contributed by atoms with Crippen LogP contribution in [0.1, 0.15) is 25.3 Å². The van der Waals surface area contributed by atoms with Crippen molar-refractivity contribution < 1.29 is 4.79 Å². The maximum atomic E-state index is 12.1. The van der Waals surface area contributed by atoms with Gasteiger partial charge in [0, 0.05) is 6.04 Å². The number of pyridine rings is 1. The zero-order chi connectivity index (χ0) is 12.9. The van der Waals surface area contributed by atoms with Gasteiger partial charge in [0.15, 0.2) is 0 Å². The molecule has 1 saturated heterocycles. The van der Waals surface area contributed by atoms with Crippen molar-refractivity contribution >= 4 is 23.3 Å². The molecule has 1 amide bonds. The molecule has 0 spiro atoms. The first-order valence-corrected chi connectivity index (χ1v) is 6.56. The lowest BCUT2D eigenvalue weighted by atomic mass is 10.0. The van der Waals surface area contributed by atoms with Gasteiger partial charge in [-0.1, -0.05) is 24.6 Å². The normalized spacial score (nSPS) is 33.1. The maximum absolute atomic E-state index is 12.1. The van der Waals surface area contributed by atoms with Crippen LogP contribution in [0.3, 0.4) is 0 Å². The number of fused-ring (bicyclic) bond motifs is 1. The Kier molecular flexibility index (Phi) is 2.61. The molecule has 5 heteroatoms. The van der Waals surface area contributed by atoms with Crippen LogP contribution >= 0.6 is 11.6 Å². The molecule has 1 aliphatic heterocycles. The molecule has 3 unspecified atom stereocenters. The number of hydrogen-bond donors (Lipinski definition) is 2. The zero-order valence-electron chi connectivity index (χ0n) is 10.5. The number of carbonyl (C=O) groups excluding carboxylic acids is 1. The molecule has 1 aromatic rings. The van der Waals surface area contributed by atoms with Gasteiger partial charge in [-0.2, -0.15) is 0 Å². The van der Waals surface area contributed by atoms with Crippen molar-refractivity contribution in [3.8, 4) is 0 Å². The van der Waals surface area contributed by atoms with Crippen molar-refractivity contribution in [1.29, 1.82) is 0 Å². The molecule has 0 aromatic carbocycles. The van der Waals surface area contributed by atoms with Crippen molar-refractivity contribution in [2.24, 2.45) is 5.41 Å². The van der Waals surface area contributed by atoms with Gasteiger partial charge in [0.05, 0.1) is 6.04 Å². The Labute approximate surface area is 111 Å². The van der Waals surface area contributed by atoms with Crippen LogP contribution in [0.25, 0.3) is 0 Å². The second kappa shape index (κ2) is 3.93. The SMILES string of the molecule is Cc1ccc(Cl)nc1NC(=O)C1CC2(C)CC2N1. The summed E-state index contributed by atoms with van der Waals surface area (Å²) >= 11 is 5.83. The summed E-state index contributed by atoms with van der Waals surface area (Å²) in [5.74, 6) is 0.543. The highest BCUT2D eigenvalue weighted by atomic mass is 35.5. The molecule has 2 N–H and O–H groups in total. The fourth-order valence-electron chi connectivity index (χ4n) is 2.66. The quantitative estimate of drug-likeness (QED) is 0.806. The Morgan fingerprint density at radius 3 is 3.00 bits per heavy atom. The van der Waals surface area contributed by atoms with Gasteiger partial charge >= 0.3 is 0 Å². The lowest BCUT2D eigenvalue weighted by Crippen LogP contribution is -2.38. The Bertz CT molecular complexity index is 519. The van der Waals surface area contributed by atoms with E-state index in [0.29, 0.717) is 22.4 Å². The Hall–Kier alpha value is -1.13. The number of aromatic nitrogens is 1. The minimum absolute atomic E-state index is 0.0127. The van der Waals surface area contributed by atoms with E-state index in [-0.39, 0.29) is 11.9 Å². The number of nitrogens with one attached hydrogen (secondary N) is 2. The largest absolute Gasteiger partial charge is 0.309 e. The van der Waals surface area contributed by atoms with Crippen LogP contribution in [-0.2, 0) is 4.79 Å². The average Bonchev–Trinajstić information content (AvgIpc) is 2.82. The molecule has 0 radical (unpaired) electrons. The molecule has 1 aromatic heterocycles. The zero-order valence-corrected chi connectivity index (χ0v) is 11.2. The molecule has 2 heterocycles. The van der Waals surface area contributed by atoms with Gasteiger partial charge in [0.1, 0.15) is 11.0 Å². The first-order valence-electron chi connectivity index (χ1n) is 6.18. The fraction of sp³-hybridized carbons (Fsp3) is 0.538. The number of halogens is 1. The fourth-order valence-corrected chi connectivity index (χ4v) is 2.81. The first-order chi connectivity index (χ1) is 8.48. The third kappa shape index (κ3) is 1.99. The van der Waals surface area contributed by atoms with Crippen molar-refractivity contribution in [1.82, 2.24) is 10.3 Å². The van der Waals surface area contributed by atoms with E-state index in [9.17, 15) is 4.79 Å². The predicted molar refractivity (Wildman–Crippen MR) is 70.7 cm³/mol. The van der Waals surface area contributed by atoms with Crippen LogP contribution in [0, 0.1) is 12.3 Å². The summed E-state index contributed by atoms with van der Waals surface area (Å²) in [4.78, 5) is 16.3. The molecule has 0 bridgehead atoms. The molecule has 1 aliphatic carbocycles. The summed E-state index contributed by atoms with van der Waals surface area (Å²) in [6.07, 6.45) is 2.09. The summed E-state index contributed by atoms with van der Waals surface area (Å²) in [7, 11) is 0. The van der Waals surface area contributed by atoms with E-state index in [1.54, 1.807) is 6.07 Å². The van der Waals surface area contributed by atoms with E-state index in [2.05, 4.69) is 22.5 Å². The van der Waals surface area contributed by atoms with Gasteiger partial charge < -0.3 is 10.6 Å².